The van der Waals surface area contributed by atoms with Crippen LogP contribution in [-0.2, 0) is 14.3 Å². The lowest BCUT2D eigenvalue weighted by Crippen LogP contribution is -2.71. The number of nitrogens with one attached hydrogen (secondary N) is 1. The SMILES string of the molecule is CCCC(COC)N1C(=O)C(C)(CC)NC(=O)C1CC. The number of ether oxygens (including phenoxy) is 1. The van der Waals surface area contributed by atoms with Crippen molar-refractivity contribution in [1.29, 1.82) is 0 Å². The fourth-order valence-corrected chi connectivity index (χ4v) is 2.83. The lowest BCUT2D eigenvalue weighted by Gasteiger charge is -2.47. The van der Waals surface area contributed by atoms with Crippen molar-refractivity contribution < 1.29 is 14.3 Å². The number of rotatable bonds is 7. The Balaban J connectivity index is 3.12. The van der Waals surface area contributed by atoms with Crippen LogP contribution in [0.3, 0.4) is 0 Å². The van der Waals surface area contributed by atoms with E-state index in [-0.39, 0.29) is 23.9 Å². The summed E-state index contributed by atoms with van der Waals surface area (Å²) in [5.41, 5.74) is -0.789. The standard InChI is InChI=1S/C15H28N2O3/c1-6-9-11(10-20-5)17-12(7-2)13(18)16-15(4,8-3)14(17)19/h11-12H,6-10H2,1-5H3,(H,16,18). The molecule has 20 heavy (non-hydrogen) atoms. The molecule has 1 heterocycles. The van der Waals surface area contributed by atoms with Crippen molar-refractivity contribution in [2.24, 2.45) is 0 Å². The molecule has 2 amide bonds. The molecule has 116 valence electrons. The lowest BCUT2D eigenvalue weighted by molar-refractivity contribution is -0.159. The van der Waals surface area contributed by atoms with E-state index in [1.807, 2.05) is 20.8 Å². The minimum absolute atomic E-state index is 0.0157. The summed E-state index contributed by atoms with van der Waals surface area (Å²) in [6.07, 6.45) is 3.03. The van der Waals surface area contributed by atoms with Crippen LogP contribution < -0.4 is 5.32 Å². The summed E-state index contributed by atoms with van der Waals surface area (Å²) in [6, 6.07) is -0.409. The Morgan fingerprint density at radius 1 is 1.35 bits per heavy atom. The van der Waals surface area contributed by atoms with Gasteiger partial charge in [0.15, 0.2) is 0 Å². The fraction of sp³-hybridized carbons (Fsp3) is 0.867. The Kier molecular flexibility index (Phi) is 5.99. The molecular weight excluding hydrogens is 256 g/mol. The Hall–Kier alpha value is -1.10. The molecule has 3 unspecified atom stereocenters. The number of carbonyl (C=O) groups excluding carboxylic acids is 2. The van der Waals surface area contributed by atoms with Crippen LogP contribution in [0.25, 0.3) is 0 Å². The summed E-state index contributed by atoms with van der Waals surface area (Å²) < 4.78 is 5.26. The highest BCUT2D eigenvalue weighted by atomic mass is 16.5. The molecule has 0 aliphatic carbocycles. The van der Waals surface area contributed by atoms with Gasteiger partial charge in [0.1, 0.15) is 11.6 Å². The first-order valence-corrected chi connectivity index (χ1v) is 7.58. The summed E-state index contributed by atoms with van der Waals surface area (Å²) >= 11 is 0. The third-order valence-electron chi connectivity index (χ3n) is 4.21. The molecule has 1 rings (SSSR count). The molecule has 0 radical (unpaired) electrons. The number of hydrogen-bond acceptors (Lipinski definition) is 3. The third-order valence-corrected chi connectivity index (χ3v) is 4.21. The van der Waals surface area contributed by atoms with Gasteiger partial charge in [-0.2, -0.15) is 0 Å². The summed E-state index contributed by atoms with van der Waals surface area (Å²) in [5, 5.41) is 2.89. The lowest BCUT2D eigenvalue weighted by atomic mass is 9.89. The van der Waals surface area contributed by atoms with Gasteiger partial charge in [-0.1, -0.05) is 27.2 Å². The van der Waals surface area contributed by atoms with Crippen molar-refractivity contribution >= 4 is 11.8 Å². The highest BCUT2D eigenvalue weighted by Gasteiger charge is 2.48. The van der Waals surface area contributed by atoms with Gasteiger partial charge in [-0.25, -0.2) is 0 Å². The van der Waals surface area contributed by atoms with Crippen molar-refractivity contribution in [1.82, 2.24) is 10.2 Å². The molecule has 0 bridgehead atoms. The van der Waals surface area contributed by atoms with Crippen molar-refractivity contribution in [2.45, 2.75) is 71.0 Å². The Morgan fingerprint density at radius 2 is 2.00 bits per heavy atom. The first kappa shape index (κ1) is 17.0. The largest absolute Gasteiger partial charge is 0.383 e. The fourth-order valence-electron chi connectivity index (χ4n) is 2.83. The molecule has 1 aliphatic rings. The number of hydrogen-bond donors (Lipinski definition) is 1. The Labute approximate surface area is 122 Å². The van der Waals surface area contributed by atoms with Crippen molar-refractivity contribution in [3.63, 3.8) is 0 Å². The zero-order valence-corrected chi connectivity index (χ0v) is 13.4. The average molecular weight is 284 g/mol. The van der Waals surface area contributed by atoms with E-state index in [1.165, 1.54) is 0 Å². The highest BCUT2D eigenvalue weighted by Crippen LogP contribution is 2.26. The Bertz CT molecular complexity index is 353. The third kappa shape index (κ3) is 3.14. The van der Waals surface area contributed by atoms with E-state index in [0.29, 0.717) is 19.4 Å². The summed E-state index contributed by atoms with van der Waals surface area (Å²) in [7, 11) is 1.64. The molecule has 0 aromatic rings. The minimum atomic E-state index is -0.789. The molecule has 0 aromatic heterocycles. The van der Waals surface area contributed by atoms with Gasteiger partial charge >= 0.3 is 0 Å². The van der Waals surface area contributed by atoms with E-state index >= 15 is 0 Å². The van der Waals surface area contributed by atoms with Gasteiger partial charge in [-0.05, 0) is 26.2 Å². The van der Waals surface area contributed by atoms with Crippen LogP contribution in [0.4, 0.5) is 0 Å². The van der Waals surface area contributed by atoms with Gasteiger partial charge in [-0.15, -0.1) is 0 Å². The summed E-state index contributed by atoms with van der Waals surface area (Å²) in [6.45, 7) is 8.23. The van der Waals surface area contributed by atoms with E-state index < -0.39 is 5.54 Å². The van der Waals surface area contributed by atoms with Gasteiger partial charge in [0.25, 0.3) is 0 Å². The van der Waals surface area contributed by atoms with Crippen LogP contribution in [0, 0.1) is 0 Å². The van der Waals surface area contributed by atoms with Crippen molar-refractivity contribution in [3.8, 4) is 0 Å². The van der Waals surface area contributed by atoms with Gasteiger partial charge in [0, 0.05) is 7.11 Å². The van der Waals surface area contributed by atoms with E-state index in [9.17, 15) is 9.59 Å². The van der Waals surface area contributed by atoms with E-state index in [2.05, 4.69) is 12.2 Å². The summed E-state index contributed by atoms with van der Waals surface area (Å²) in [4.78, 5) is 26.9. The molecule has 5 heteroatoms. The molecular formula is C15H28N2O3. The molecule has 1 aliphatic heterocycles. The second kappa shape index (κ2) is 7.07. The molecule has 0 spiro atoms. The molecule has 3 atom stereocenters. The maximum Gasteiger partial charge on any atom is 0.249 e. The van der Waals surface area contributed by atoms with Gasteiger partial charge in [0.2, 0.25) is 11.8 Å². The predicted molar refractivity (Wildman–Crippen MR) is 78.3 cm³/mol. The smallest absolute Gasteiger partial charge is 0.249 e. The van der Waals surface area contributed by atoms with Crippen LogP contribution >= 0.6 is 0 Å². The predicted octanol–water partition coefficient (Wildman–Crippen LogP) is 1.71. The van der Waals surface area contributed by atoms with E-state index in [1.54, 1.807) is 12.0 Å². The normalized spacial score (nSPS) is 28.4. The van der Waals surface area contributed by atoms with Gasteiger partial charge in [0.05, 0.1) is 12.6 Å². The molecule has 0 aromatic carbocycles. The second-order valence-corrected chi connectivity index (χ2v) is 5.71. The highest BCUT2D eigenvalue weighted by molar-refractivity contribution is 5.99. The molecule has 1 fully saturated rings. The number of carbonyl (C=O) groups is 2. The number of methoxy groups -OCH3 is 1. The average Bonchev–Trinajstić information content (AvgIpc) is 2.42. The quantitative estimate of drug-likeness (QED) is 0.774. The van der Waals surface area contributed by atoms with Crippen LogP contribution in [0.5, 0.6) is 0 Å². The van der Waals surface area contributed by atoms with Crippen molar-refractivity contribution in [2.75, 3.05) is 13.7 Å². The topological polar surface area (TPSA) is 58.6 Å². The maximum absolute atomic E-state index is 12.8. The van der Waals surface area contributed by atoms with Crippen LogP contribution in [0.15, 0.2) is 0 Å². The Morgan fingerprint density at radius 3 is 2.45 bits per heavy atom. The van der Waals surface area contributed by atoms with E-state index in [0.717, 1.165) is 12.8 Å². The maximum atomic E-state index is 12.8. The second-order valence-electron chi connectivity index (χ2n) is 5.71. The van der Waals surface area contributed by atoms with Gasteiger partial charge in [-0.3, -0.25) is 9.59 Å². The van der Waals surface area contributed by atoms with Gasteiger partial charge < -0.3 is 15.0 Å². The first-order chi connectivity index (χ1) is 9.45. The monoisotopic (exact) mass is 284 g/mol. The molecule has 1 saturated heterocycles. The number of nitrogens with zero attached hydrogens (tertiary/aromatic N) is 1. The van der Waals surface area contributed by atoms with Crippen LogP contribution in [0.2, 0.25) is 0 Å². The zero-order chi connectivity index (χ0) is 15.3. The van der Waals surface area contributed by atoms with Crippen LogP contribution in [0.1, 0.15) is 53.4 Å². The number of piperazine rings is 1. The molecule has 1 N–H and O–H groups in total. The zero-order valence-electron chi connectivity index (χ0n) is 13.4. The summed E-state index contributed by atoms with van der Waals surface area (Å²) in [5.74, 6) is -0.0318. The first-order valence-electron chi connectivity index (χ1n) is 7.58. The van der Waals surface area contributed by atoms with Crippen molar-refractivity contribution in [3.05, 3.63) is 0 Å². The van der Waals surface area contributed by atoms with Crippen LogP contribution in [-0.4, -0.2) is 48.1 Å². The van der Waals surface area contributed by atoms with E-state index in [4.69, 9.17) is 4.74 Å². The molecule has 0 saturated carbocycles. The minimum Gasteiger partial charge on any atom is -0.383 e. The number of amides is 2. The molecule has 5 nitrogen and oxygen atoms in total.